The van der Waals surface area contributed by atoms with Gasteiger partial charge < -0.3 is 10.6 Å². The number of benzene rings is 1. The Morgan fingerprint density at radius 1 is 1.14 bits per heavy atom. The predicted molar refractivity (Wildman–Crippen MR) is 86.5 cm³/mol. The van der Waals surface area contributed by atoms with Gasteiger partial charge in [-0.2, -0.15) is 0 Å². The maximum atomic E-state index is 11.9. The molecular weight excluding hydrogens is 332 g/mol. The van der Waals surface area contributed by atoms with Crippen molar-refractivity contribution in [2.24, 2.45) is 0 Å². The fourth-order valence-corrected chi connectivity index (χ4v) is 2.14. The van der Waals surface area contributed by atoms with Crippen molar-refractivity contribution in [1.29, 1.82) is 0 Å². The van der Waals surface area contributed by atoms with Gasteiger partial charge in [0.25, 0.3) is 5.91 Å². The lowest BCUT2D eigenvalue weighted by Crippen LogP contribution is -2.28. The van der Waals surface area contributed by atoms with E-state index in [1.54, 1.807) is 12.1 Å². The Hall–Kier alpha value is -1.95. The van der Waals surface area contributed by atoms with Crippen LogP contribution < -0.4 is 10.6 Å². The van der Waals surface area contributed by atoms with Crippen LogP contribution in [0.2, 0.25) is 0 Å². The molecule has 2 N–H and O–H groups in total. The quantitative estimate of drug-likeness (QED) is 0.815. The van der Waals surface area contributed by atoms with Crippen molar-refractivity contribution in [1.82, 2.24) is 15.3 Å². The number of hydrogen-bond donors (Lipinski definition) is 2. The minimum atomic E-state index is -0.0839. The van der Waals surface area contributed by atoms with Gasteiger partial charge in [0.05, 0.1) is 0 Å². The van der Waals surface area contributed by atoms with Crippen LogP contribution in [0, 0.1) is 13.8 Å². The minimum absolute atomic E-state index is 0.0839. The van der Waals surface area contributed by atoms with Gasteiger partial charge in [-0.15, -0.1) is 0 Å². The highest BCUT2D eigenvalue weighted by Gasteiger charge is 2.04. The van der Waals surface area contributed by atoms with Crippen molar-refractivity contribution in [3.8, 4) is 0 Å². The van der Waals surface area contributed by atoms with E-state index >= 15 is 0 Å². The number of halogens is 1. The minimum Gasteiger partial charge on any atom is -0.368 e. The monoisotopic (exact) mass is 348 g/mol. The Balaban J connectivity index is 1.79. The van der Waals surface area contributed by atoms with Crippen LogP contribution in [0.15, 0.2) is 34.8 Å². The van der Waals surface area contributed by atoms with Gasteiger partial charge in [0.15, 0.2) is 0 Å². The molecule has 0 fully saturated rings. The third kappa shape index (κ3) is 4.82. The van der Waals surface area contributed by atoms with E-state index < -0.39 is 0 Å². The Labute approximate surface area is 132 Å². The van der Waals surface area contributed by atoms with Crippen molar-refractivity contribution in [3.05, 3.63) is 51.9 Å². The Kier molecular flexibility index (Phi) is 5.27. The summed E-state index contributed by atoms with van der Waals surface area (Å²) in [7, 11) is 0. The van der Waals surface area contributed by atoms with Crippen LogP contribution in [0.5, 0.6) is 0 Å². The molecular formula is C15H17BrN4O. The van der Waals surface area contributed by atoms with Crippen LogP contribution in [-0.2, 0) is 0 Å². The molecule has 110 valence electrons. The van der Waals surface area contributed by atoms with Crippen molar-refractivity contribution in [2.75, 3.05) is 18.4 Å². The Bertz CT molecular complexity index is 608. The maximum Gasteiger partial charge on any atom is 0.251 e. The lowest BCUT2D eigenvalue weighted by molar-refractivity contribution is 0.0955. The number of aryl methyl sites for hydroxylation is 2. The first-order valence-corrected chi connectivity index (χ1v) is 7.44. The number of carbonyl (C=O) groups is 1. The second-order valence-electron chi connectivity index (χ2n) is 4.63. The second kappa shape index (κ2) is 7.17. The first kappa shape index (κ1) is 15.4. The molecule has 0 aliphatic carbocycles. The largest absolute Gasteiger partial charge is 0.368 e. The van der Waals surface area contributed by atoms with E-state index in [1.165, 1.54) is 0 Å². The molecule has 0 saturated carbocycles. The number of carbonyl (C=O) groups excluding carboxylic acids is 1. The average Bonchev–Trinajstić information content (AvgIpc) is 2.43. The SMILES string of the molecule is Cc1cc(NCCNC(=O)c2ccc(Br)cc2)nc(C)n1. The van der Waals surface area contributed by atoms with E-state index in [2.05, 4.69) is 36.5 Å². The summed E-state index contributed by atoms with van der Waals surface area (Å²) < 4.78 is 0.954. The summed E-state index contributed by atoms with van der Waals surface area (Å²) in [6.07, 6.45) is 0. The third-order valence-electron chi connectivity index (χ3n) is 2.79. The summed E-state index contributed by atoms with van der Waals surface area (Å²) >= 11 is 3.34. The zero-order valence-electron chi connectivity index (χ0n) is 12.0. The van der Waals surface area contributed by atoms with E-state index in [4.69, 9.17) is 0 Å². The van der Waals surface area contributed by atoms with Crippen LogP contribution in [0.3, 0.4) is 0 Å². The lowest BCUT2D eigenvalue weighted by atomic mass is 10.2. The molecule has 0 aliphatic rings. The zero-order valence-corrected chi connectivity index (χ0v) is 13.6. The van der Waals surface area contributed by atoms with Gasteiger partial charge in [0, 0.05) is 34.9 Å². The van der Waals surface area contributed by atoms with E-state index in [9.17, 15) is 4.79 Å². The van der Waals surface area contributed by atoms with Crippen molar-refractivity contribution < 1.29 is 4.79 Å². The maximum absolute atomic E-state index is 11.9. The van der Waals surface area contributed by atoms with Gasteiger partial charge in [-0.3, -0.25) is 4.79 Å². The van der Waals surface area contributed by atoms with Gasteiger partial charge in [-0.05, 0) is 38.1 Å². The second-order valence-corrected chi connectivity index (χ2v) is 5.55. The predicted octanol–water partition coefficient (Wildman–Crippen LogP) is 2.70. The summed E-state index contributed by atoms with van der Waals surface area (Å²) in [6.45, 7) is 4.91. The highest BCUT2D eigenvalue weighted by Crippen LogP contribution is 2.10. The molecule has 0 spiro atoms. The van der Waals surface area contributed by atoms with Crippen molar-refractivity contribution in [3.63, 3.8) is 0 Å². The fourth-order valence-electron chi connectivity index (χ4n) is 1.88. The van der Waals surface area contributed by atoms with Gasteiger partial charge in [-0.25, -0.2) is 9.97 Å². The molecule has 0 aliphatic heterocycles. The van der Waals surface area contributed by atoms with E-state index in [0.29, 0.717) is 18.7 Å². The van der Waals surface area contributed by atoms with Gasteiger partial charge in [-0.1, -0.05) is 15.9 Å². The number of nitrogens with one attached hydrogen (secondary N) is 2. The molecule has 0 atom stereocenters. The van der Waals surface area contributed by atoms with Gasteiger partial charge in [0.2, 0.25) is 0 Å². The smallest absolute Gasteiger partial charge is 0.251 e. The molecule has 0 saturated heterocycles. The summed E-state index contributed by atoms with van der Waals surface area (Å²) in [5.74, 6) is 1.42. The molecule has 0 unspecified atom stereocenters. The summed E-state index contributed by atoms with van der Waals surface area (Å²) in [5.41, 5.74) is 1.57. The fraction of sp³-hybridized carbons (Fsp3) is 0.267. The summed E-state index contributed by atoms with van der Waals surface area (Å²) in [6, 6.07) is 9.14. The number of rotatable bonds is 5. The summed E-state index contributed by atoms with van der Waals surface area (Å²) in [4.78, 5) is 20.4. The number of anilines is 1. The normalized spacial score (nSPS) is 10.2. The molecule has 2 aromatic rings. The van der Waals surface area contributed by atoms with Crippen LogP contribution in [0.1, 0.15) is 21.9 Å². The zero-order chi connectivity index (χ0) is 15.2. The number of nitrogens with zero attached hydrogens (tertiary/aromatic N) is 2. The first-order valence-electron chi connectivity index (χ1n) is 6.64. The van der Waals surface area contributed by atoms with E-state index in [1.807, 2.05) is 32.0 Å². The van der Waals surface area contributed by atoms with E-state index in [-0.39, 0.29) is 5.91 Å². The molecule has 1 amide bonds. The van der Waals surface area contributed by atoms with Gasteiger partial charge in [0.1, 0.15) is 11.6 Å². The molecule has 5 nitrogen and oxygen atoms in total. The molecule has 1 aromatic carbocycles. The molecule has 1 aromatic heterocycles. The number of amides is 1. The first-order chi connectivity index (χ1) is 10.0. The standard InChI is InChI=1S/C15H17BrN4O/c1-10-9-14(20-11(2)19-10)17-7-8-18-15(21)12-3-5-13(16)6-4-12/h3-6,9H,7-8H2,1-2H3,(H,18,21)(H,17,19,20). The molecule has 6 heteroatoms. The van der Waals surface area contributed by atoms with Crippen LogP contribution in [0.4, 0.5) is 5.82 Å². The molecule has 0 bridgehead atoms. The lowest BCUT2D eigenvalue weighted by Gasteiger charge is -2.08. The molecule has 2 rings (SSSR count). The number of hydrogen-bond acceptors (Lipinski definition) is 4. The average molecular weight is 349 g/mol. The van der Waals surface area contributed by atoms with Crippen LogP contribution >= 0.6 is 15.9 Å². The van der Waals surface area contributed by atoms with Crippen LogP contribution in [0.25, 0.3) is 0 Å². The van der Waals surface area contributed by atoms with Crippen molar-refractivity contribution in [2.45, 2.75) is 13.8 Å². The van der Waals surface area contributed by atoms with Gasteiger partial charge >= 0.3 is 0 Å². The number of aromatic nitrogens is 2. The topological polar surface area (TPSA) is 66.9 Å². The highest BCUT2D eigenvalue weighted by molar-refractivity contribution is 9.10. The molecule has 0 radical (unpaired) electrons. The highest BCUT2D eigenvalue weighted by atomic mass is 79.9. The Morgan fingerprint density at radius 3 is 2.52 bits per heavy atom. The molecule has 1 heterocycles. The van der Waals surface area contributed by atoms with Crippen LogP contribution in [-0.4, -0.2) is 29.0 Å². The van der Waals surface area contributed by atoms with Crippen molar-refractivity contribution >= 4 is 27.7 Å². The Morgan fingerprint density at radius 2 is 1.86 bits per heavy atom. The molecule has 21 heavy (non-hydrogen) atoms. The third-order valence-corrected chi connectivity index (χ3v) is 3.32. The summed E-state index contributed by atoms with van der Waals surface area (Å²) in [5, 5.41) is 6.03. The van der Waals surface area contributed by atoms with E-state index in [0.717, 1.165) is 21.8 Å².